The molecule has 5 nitrogen and oxygen atoms in total. The van der Waals surface area contributed by atoms with Gasteiger partial charge in [0.25, 0.3) is 0 Å². The number of aliphatic hydroxyl groups excluding tert-OH is 1. The summed E-state index contributed by atoms with van der Waals surface area (Å²) in [5.41, 5.74) is 0. The lowest BCUT2D eigenvalue weighted by molar-refractivity contribution is -0.158. The predicted molar refractivity (Wildman–Crippen MR) is 46.6 cm³/mol. The summed E-state index contributed by atoms with van der Waals surface area (Å²) in [6.07, 6.45) is -0.734. The maximum Gasteiger partial charge on any atom is 0.181 e. The highest BCUT2D eigenvalue weighted by Gasteiger charge is 2.41. The standard InChI is InChI=1S/C9H16O5/c1-9(2)12-5-7(14-9)6-4-11-8(3-10)13-6/h6-8,10H,3-5H2,1-2H3. The van der Waals surface area contributed by atoms with E-state index in [0.29, 0.717) is 13.2 Å². The molecule has 2 fully saturated rings. The summed E-state index contributed by atoms with van der Waals surface area (Å²) in [6.45, 7) is 4.58. The molecule has 0 spiro atoms. The van der Waals surface area contributed by atoms with Gasteiger partial charge < -0.3 is 24.1 Å². The van der Waals surface area contributed by atoms with E-state index in [9.17, 15) is 0 Å². The van der Waals surface area contributed by atoms with E-state index in [1.54, 1.807) is 0 Å². The second kappa shape index (κ2) is 3.75. The molecule has 5 heteroatoms. The molecule has 0 aromatic carbocycles. The summed E-state index contributed by atoms with van der Waals surface area (Å²) in [7, 11) is 0. The Hall–Kier alpha value is -0.200. The molecule has 0 aromatic heterocycles. The van der Waals surface area contributed by atoms with Crippen LogP contribution in [0.15, 0.2) is 0 Å². The van der Waals surface area contributed by atoms with Crippen LogP contribution in [0, 0.1) is 0 Å². The first-order valence-corrected chi connectivity index (χ1v) is 4.80. The van der Waals surface area contributed by atoms with E-state index in [4.69, 9.17) is 24.1 Å². The number of hydrogen-bond donors (Lipinski definition) is 1. The molecule has 0 aromatic rings. The van der Waals surface area contributed by atoms with Crippen LogP contribution in [0.5, 0.6) is 0 Å². The Morgan fingerprint density at radius 3 is 2.57 bits per heavy atom. The Kier molecular flexibility index (Phi) is 2.77. The molecule has 82 valence electrons. The van der Waals surface area contributed by atoms with Gasteiger partial charge in [-0.2, -0.15) is 0 Å². The quantitative estimate of drug-likeness (QED) is 0.679. The van der Waals surface area contributed by atoms with Crippen molar-refractivity contribution in [2.45, 2.75) is 38.1 Å². The van der Waals surface area contributed by atoms with Crippen molar-refractivity contribution in [3.05, 3.63) is 0 Å². The van der Waals surface area contributed by atoms with Crippen LogP contribution in [0.1, 0.15) is 13.8 Å². The van der Waals surface area contributed by atoms with Crippen molar-refractivity contribution in [1.29, 1.82) is 0 Å². The average molecular weight is 204 g/mol. The molecule has 0 aliphatic carbocycles. The van der Waals surface area contributed by atoms with E-state index in [-0.39, 0.29) is 18.8 Å². The lowest BCUT2D eigenvalue weighted by atomic mass is 10.2. The molecule has 2 saturated heterocycles. The fraction of sp³-hybridized carbons (Fsp3) is 1.00. The molecule has 2 aliphatic rings. The molecule has 2 aliphatic heterocycles. The minimum Gasteiger partial charge on any atom is -0.391 e. The number of rotatable bonds is 2. The molecule has 0 saturated carbocycles. The highest BCUT2D eigenvalue weighted by molar-refractivity contribution is 4.81. The van der Waals surface area contributed by atoms with E-state index < -0.39 is 12.1 Å². The molecule has 0 amide bonds. The minimum atomic E-state index is -0.536. The SMILES string of the molecule is CC1(C)OCC(C2COC(CO)O2)O1. The molecule has 2 heterocycles. The van der Waals surface area contributed by atoms with E-state index in [1.165, 1.54) is 0 Å². The maximum absolute atomic E-state index is 8.81. The highest BCUT2D eigenvalue weighted by Crippen LogP contribution is 2.28. The van der Waals surface area contributed by atoms with Crippen molar-refractivity contribution in [1.82, 2.24) is 0 Å². The van der Waals surface area contributed by atoms with Gasteiger partial charge in [0.05, 0.1) is 19.8 Å². The molecule has 14 heavy (non-hydrogen) atoms. The maximum atomic E-state index is 8.81. The first-order valence-electron chi connectivity index (χ1n) is 4.80. The number of hydrogen-bond acceptors (Lipinski definition) is 5. The van der Waals surface area contributed by atoms with Crippen LogP contribution in [0.3, 0.4) is 0 Å². The monoisotopic (exact) mass is 204 g/mol. The molecule has 3 atom stereocenters. The topological polar surface area (TPSA) is 57.2 Å². The summed E-state index contributed by atoms with van der Waals surface area (Å²) < 4.78 is 21.6. The highest BCUT2D eigenvalue weighted by atomic mass is 16.8. The molecule has 0 bridgehead atoms. The van der Waals surface area contributed by atoms with Crippen LogP contribution in [0.4, 0.5) is 0 Å². The van der Waals surface area contributed by atoms with Gasteiger partial charge in [0, 0.05) is 0 Å². The van der Waals surface area contributed by atoms with Gasteiger partial charge in [-0.05, 0) is 13.8 Å². The van der Waals surface area contributed by atoms with Gasteiger partial charge in [0.1, 0.15) is 12.2 Å². The summed E-state index contributed by atoms with van der Waals surface area (Å²) in [5.74, 6) is -0.536. The molecular formula is C9H16O5. The van der Waals surface area contributed by atoms with Crippen LogP contribution >= 0.6 is 0 Å². The van der Waals surface area contributed by atoms with Crippen molar-refractivity contribution >= 4 is 0 Å². The zero-order valence-electron chi connectivity index (χ0n) is 8.43. The van der Waals surface area contributed by atoms with Crippen LogP contribution in [0.25, 0.3) is 0 Å². The number of ether oxygens (including phenoxy) is 4. The second-order valence-corrected chi connectivity index (χ2v) is 3.99. The van der Waals surface area contributed by atoms with E-state index in [1.807, 2.05) is 13.8 Å². The zero-order valence-corrected chi connectivity index (χ0v) is 8.43. The van der Waals surface area contributed by atoms with Gasteiger partial charge >= 0.3 is 0 Å². The predicted octanol–water partition coefficient (Wildman–Crippen LogP) is -0.128. The summed E-state index contributed by atoms with van der Waals surface area (Å²) in [5, 5.41) is 8.81. The van der Waals surface area contributed by atoms with Gasteiger partial charge in [-0.15, -0.1) is 0 Å². The van der Waals surface area contributed by atoms with Crippen LogP contribution in [-0.2, 0) is 18.9 Å². The van der Waals surface area contributed by atoms with E-state index in [2.05, 4.69) is 0 Å². The summed E-state index contributed by atoms with van der Waals surface area (Å²) in [6, 6.07) is 0. The van der Waals surface area contributed by atoms with Gasteiger partial charge in [0.15, 0.2) is 12.1 Å². The summed E-state index contributed by atoms with van der Waals surface area (Å²) >= 11 is 0. The van der Waals surface area contributed by atoms with Crippen molar-refractivity contribution in [3.8, 4) is 0 Å². The van der Waals surface area contributed by atoms with Crippen molar-refractivity contribution < 1.29 is 24.1 Å². The Morgan fingerprint density at radius 1 is 1.29 bits per heavy atom. The molecule has 1 N–H and O–H groups in total. The van der Waals surface area contributed by atoms with Crippen LogP contribution in [-0.4, -0.2) is 49.2 Å². The van der Waals surface area contributed by atoms with E-state index >= 15 is 0 Å². The number of aliphatic hydroxyl groups is 1. The smallest absolute Gasteiger partial charge is 0.181 e. The summed E-state index contributed by atoms with van der Waals surface area (Å²) in [4.78, 5) is 0. The van der Waals surface area contributed by atoms with Gasteiger partial charge in [-0.3, -0.25) is 0 Å². The van der Waals surface area contributed by atoms with Crippen molar-refractivity contribution in [2.75, 3.05) is 19.8 Å². The lowest BCUT2D eigenvalue weighted by Gasteiger charge is -2.19. The molecular weight excluding hydrogens is 188 g/mol. The normalized spacial score (nSPS) is 41.8. The zero-order chi connectivity index (χ0) is 10.2. The van der Waals surface area contributed by atoms with Gasteiger partial charge in [-0.1, -0.05) is 0 Å². The van der Waals surface area contributed by atoms with E-state index in [0.717, 1.165) is 0 Å². The average Bonchev–Trinajstić information content (AvgIpc) is 2.70. The van der Waals surface area contributed by atoms with Crippen LogP contribution in [0.2, 0.25) is 0 Å². The Labute approximate surface area is 82.9 Å². The Balaban J connectivity index is 1.86. The third kappa shape index (κ3) is 2.07. The molecule has 0 radical (unpaired) electrons. The largest absolute Gasteiger partial charge is 0.391 e. The Bertz CT molecular complexity index is 205. The third-order valence-corrected chi connectivity index (χ3v) is 2.37. The fourth-order valence-electron chi connectivity index (χ4n) is 1.67. The van der Waals surface area contributed by atoms with Crippen molar-refractivity contribution in [2.24, 2.45) is 0 Å². The fourth-order valence-corrected chi connectivity index (χ4v) is 1.67. The molecule has 3 unspecified atom stereocenters. The van der Waals surface area contributed by atoms with Gasteiger partial charge in [0.2, 0.25) is 0 Å². The molecule has 2 rings (SSSR count). The van der Waals surface area contributed by atoms with Crippen molar-refractivity contribution in [3.63, 3.8) is 0 Å². The van der Waals surface area contributed by atoms with Gasteiger partial charge in [-0.25, -0.2) is 0 Å². The van der Waals surface area contributed by atoms with Crippen LogP contribution < -0.4 is 0 Å². The second-order valence-electron chi connectivity index (χ2n) is 3.99. The Morgan fingerprint density at radius 2 is 2.07 bits per heavy atom. The first kappa shape index (κ1) is 10.3. The minimum absolute atomic E-state index is 0.0958. The lowest BCUT2D eigenvalue weighted by Crippen LogP contribution is -2.33. The first-order chi connectivity index (χ1) is 6.61. The third-order valence-electron chi connectivity index (χ3n) is 2.37.